The van der Waals surface area contributed by atoms with Gasteiger partial charge in [-0.25, -0.2) is 4.39 Å². The number of hydrogen-bond donors (Lipinski definition) is 1. The smallest absolute Gasteiger partial charge is 0.270 e. The van der Waals surface area contributed by atoms with Gasteiger partial charge in [0, 0.05) is 23.8 Å². The minimum atomic E-state index is -0.358. The van der Waals surface area contributed by atoms with Gasteiger partial charge in [0.25, 0.3) is 5.91 Å². The van der Waals surface area contributed by atoms with E-state index < -0.39 is 0 Å². The molecule has 1 saturated heterocycles. The number of aromatic amines is 1. The van der Waals surface area contributed by atoms with Gasteiger partial charge in [0.1, 0.15) is 17.6 Å². The molecule has 128 valence electrons. The van der Waals surface area contributed by atoms with E-state index in [2.05, 4.69) is 9.97 Å². The van der Waals surface area contributed by atoms with Crippen LogP contribution >= 0.6 is 0 Å². The van der Waals surface area contributed by atoms with Gasteiger partial charge in [0.15, 0.2) is 0 Å². The van der Waals surface area contributed by atoms with Gasteiger partial charge in [-0.3, -0.25) is 9.78 Å². The third kappa shape index (κ3) is 3.00. The predicted molar refractivity (Wildman–Crippen MR) is 91.8 cm³/mol. The number of para-hydroxylation sites is 1. The topological polar surface area (TPSA) is 58.2 Å². The van der Waals surface area contributed by atoms with Gasteiger partial charge in [-0.05, 0) is 36.8 Å². The van der Waals surface area contributed by atoms with Gasteiger partial charge in [0.2, 0.25) is 0 Å². The van der Waals surface area contributed by atoms with Crippen molar-refractivity contribution in [1.29, 1.82) is 0 Å². The summed E-state index contributed by atoms with van der Waals surface area (Å²) in [6.45, 7) is 3.36. The molecule has 2 aromatic heterocycles. The zero-order valence-electron chi connectivity index (χ0n) is 13.8. The number of ether oxygens (including phenoxy) is 1. The van der Waals surface area contributed by atoms with Gasteiger partial charge in [0.05, 0.1) is 18.7 Å². The Bertz CT molecular complexity index is 937. The second-order valence-corrected chi connectivity index (χ2v) is 6.23. The molecular weight excluding hydrogens is 321 g/mol. The Morgan fingerprint density at radius 3 is 3.04 bits per heavy atom. The van der Waals surface area contributed by atoms with Crippen LogP contribution in [0.25, 0.3) is 10.9 Å². The number of aromatic nitrogens is 2. The average molecular weight is 339 g/mol. The highest BCUT2D eigenvalue weighted by Crippen LogP contribution is 2.25. The lowest BCUT2D eigenvalue weighted by atomic mass is 10.1. The number of carbonyl (C=O) groups is 1. The molecule has 1 N–H and O–H groups in total. The molecule has 0 bridgehead atoms. The van der Waals surface area contributed by atoms with E-state index in [-0.39, 0.29) is 17.8 Å². The number of nitrogens with one attached hydrogen (secondary N) is 1. The third-order valence-electron chi connectivity index (χ3n) is 4.48. The van der Waals surface area contributed by atoms with E-state index in [0.29, 0.717) is 36.3 Å². The molecule has 1 aliphatic heterocycles. The molecule has 1 aliphatic rings. The average Bonchev–Trinajstić information content (AvgIpc) is 3.07. The van der Waals surface area contributed by atoms with Gasteiger partial charge in [-0.2, -0.15) is 0 Å². The Hall–Kier alpha value is -2.73. The number of H-pyrrole nitrogens is 1. The van der Waals surface area contributed by atoms with E-state index >= 15 is 0 Å². The number of amides is 1. The first-order chi connectivity index (χ1) is 12.1. The first kappa shape index (κ1) is 15.8. The van der Waals surface area contributed by atoms with E-state index in [9.17, 15) is 9.18 Å². The summed E-state index contributed by atoms with van der Waals surface area (Å²) in [6, 6.07) is 10.4. The first-order valence-corrected chi connectivity index (χ1v) is 8.22. The molecular formula is C19H18FN3O2. The van der Waals surface area contributed by atoms with Crippen molar-refractivity contribution in [3.63, 3.8) is 0 Å². The summed E-state index contributed by atoms with van der Waals surface area (Å²) in [5.74, 6) is -0.502. The van der Waals surface area contributed by atoms with Crippen molar-refractivity contribution in [3.05, 3.63) is 65.4 Å². The molecule has 1 amide bonds. The quantitative estimate of drug-likeness (QED) is 0.780. The molecule has 6 heteroatoms. The molecule has 4 rings (SSSR count). The molecule has 0 saturated carbocycles. The largest absolute Gasteiger partial charge is 0.370 e. The molecule has 3 heterocycles. The number of halogens is 1. The number of hydrogen-bond acceptors (Lipinski definition) is 3. The van der Waals surface area contributed by atoms with Gasteiger partial charge in [-0.15, -0.1) is 0 Å². The van der Waals surface area contributed by atoms with Crippen LogP contribution in [0.5, 0.6) is 0 Å². The Balaban J connectivity index is 1.57. The number of pyridine rings is 1. The van der Waals surface area contributed by atoms with Crippen LogP contribution < -0.4 is 0 Å². The molecule has 1 fully saturated rings. The molecule has 0 aliphatic carbocycles. The first-order valence-electron chi connectivity index (χ1n) is 8.22. The van der Waals surface area contributed by atoms with Crippen molar-refractivity contribution >= 4 is 16.8 Å². The summed E-state index contributed by atoms with van der Waals surface area (Å²) in [7, 11) is 0. The summed E-state index contributed by atoms with van der Waals surface area (Å²) >= 11 is 0. The summed E-state index contributed by atoms with van der Waals surface area (Å²) in [5.41, 5.74) is 2.68. The van der Waals surface area contributed by atoms with Crippen LogP contribution in [0.2, 0.25) is 0 Å². The van der Waals surface area contributed by atoms with Crippen molar-refractivity contribution in [1.82, 2.24) is 14.9 Å². The Labute approximate surface area is 144 Å². The van der Waals surface area contributed by atoms with Crippen molar-refractivity contribution < 1.29 is 13.9 Å². The number of carbonyl (C=O) groups excluding carboxylic acids is 1. The van der Waals surface area contributed by atoms with Crippen molar-refractivity contribution in [2.45, 2.75) is 13.0 Å². The number of fused-ring (bicyclic) bond motifs is 1. The molecule has 1 unspecified atom stereocenters. The van der Waals surface area contributed by atoms with Crippen LogP contribution in [0.15, 0.2) is 42.6 Å². The predicted octanol–water partition coefficient (Wildman–Crippen LogP) is 3.22. The maximum Gasteiger partial charge on any atom is 0.270 e. The van der Waals surface area contributed by atoms with Crippen molar-refractivity contribution in [3.8, 4) is 0 Å². The molecule has 25 heavy (non-hydrogen) atoms. The number of rotatable bonds is 2. The SMILES string of the molecule is Cc1cc(C2CN(C(=O)c3cc4cccc(F)c4[nH]3)CCO2)ccn1. The minimum absolute atomic E-state index is 0.144. The second kappa shape index (κ2) is 6.29. The fourth-order valence-corrected chi connectivity index (χ4v) is 3.21. The van der Waals surface area contributed by atoms with Gasteiger partial charge < -0.3 is 14.6 Å². The summed E-state index contributed by atoms with van der Waals surface area (Å²) < 4.78 is 19.7. The Morgan fingerprint density at radius 1 is 1.36 bits per heavy atom. The van der Waals surface area contributed by atoms with E-state index in [1.165, 1.54) is 6.07 Å². The van der Waals surface area contributed by atoms with Crippen LogP contribution in [0, 0.1) is 12.7 Å². The lowest BCUT2D eigenvalue weighted by Crippen LogP contribution is -2.42. The Kier molecular flexibility index (Phi) is 3.97. The van der Waals surface area contributed by atoms with Crippen LogP contribution in [0.1, 0.15) is 27.8 Å². The summed E-state index contributed by atoms with van der Waals surface area (Å²) in [5, 5.41) is 0.693. The monoisotopic (exact) mass is 339 g/mol. The Morgan fingerprint density at radius 2 is 2.24 bits per heavy atom. The van der Waals surface area contributed by atoms with Crippen LogP contribution in [0.4, 0.5) is 4.39 Å². The highest BCUT2D eigenvalue weighted by molar-refractivity contribution is 5.98. The van der Waals surface area contributed by atoms with Crippen molar-refractivity contribution in [2.75, 3.05) is 19.7 Å². The zero-order valence-corrected chi connectivity index (χ0v) is 13.8. The molecule has 3 aromatic rings. The van der Waals surface area contributed by atoms with Gasteiger partial charge >= 0.3 is 0 Å². The highest BCUT2D eigenvalue weighted by atomic mass is 19.1. The van der Waals surface area contributed by atoms with E-state index in [4.69, 9.17) is 4.74 Å². The van der Waals surface area contributed by atoms with Crippen LogP contribution in [-0.2, 0) is 4.74 Å². The lowest BCUT2D eigenvalue weighted by Gasteiger charge is -2.33. The number of nitrogens with zero attached hydrogens (tertiary/aromatic N) is 2. The van der Waals surface area contributed by atoms with E-state index in [0.717, 1.165) is 11.3 Å². The molecule has 0 radical (unpaired) electrons. The minimum Gasteiger partial charge on any atom is -0.370 e. The standard InChI is InChI=1S/C19H18FN3O2/c1-12-9-13(5-6-21-12)17-11-23(7-8-25-17)19(24)16-10-14-3-2-4-15(20)18(14)22-16/h2-6,9-10,17,22H,7-8,11H2,1H3. The molecule has 1 atom stereocenters. The summed E-state index contributed by atoms with van der Waals surface area (Å²) in [4.78, 5) is 21.7. The normalized spacial score (nSPS) is 17.8. The van der Waals surface area contributed by atoms with E-state index in [1.54, 1.807) is 29.3 Å². The third-order valence-corrected chi connectivity index (χ3v) is 4.48. The summed E-state index contributed by atoms with van der Waals surface area (Å²) in [6.07, 6.45) is 1.57. The second-order valence-electron chi connectivity index (χ2n) is 6.23. The van der Waals surface area contributed by atoms with E-state index in [1.807, 2.05) is 19.1 Å². The number of benzene rings is 1. The van der Waals surface area contributed by atoms with Crippen molar-refractivity contribution in [2.24, 2.45) is 0 Å². The van der Waals surface area contributed by atoms with Crippen LogP contribution in [0.3, 0.4) is 0 Å². The van der Waals surface area contributed by atoms with Crippen LogP contribution in [-0.4, -0.2) is 40.5 Å². The highest BCUT2D eigenvalue weighted by Gasteiger charge is 2.27. The van der Waals surface area contributed by atoms with Gasteiger partial charge in [-0.1, -0.05) is 12.1 Å². The number of morpholine rings is 1. The fraction of sp³-hybridized carbons (Fsp3) is 0.263. The lowest BCUT2D eigenvalue weighted by molar-refractivity contribution is -0.0230. The zero-order chi connectivity index (χ0) is 17.4. The maximum absolute atomic E-state index is 13.8. The maximum atomic E-state index is 13.8. The number of aryl methyl sites for hydroxylation is 1. The molecule has 0 spiro atoms. The molecule has 1 aromatic carbocycles. The molecule has 5 nitrogen and oxygen atoms in total. The fourth-order valence-electron chi connectivity index (χ4n) is 3.21.